The molecule has 0 spiro atoms. The summed E-state index contributed by atoms with van der Waals surface area (Å²) in [5, 5.41) is 12.9. The molecule has 0 bridgehead atoms. The maximum absolute atomic E-state index is 9.88. The highest BCUT2D eigenvalue weighted by atomic mass is 16.3. The largest absolute Gasteiger partial charge is 0.387 e. The summed E-state index contributed by atoms with van der Waals surface area (Å²) in [5.74, 6) is 2.48. The van der Waals surface area contributed by atoms with Gasteiger partial charge in [0, 0.05) is 6.04 Å². The molecule has 74 valence electrons. The summed E-state index contributed by atoms with van der Waals surface area (Å²) in [6.07, 6.45) is 4.61. The van der Waals surface area contributed by atoms with Crippen molar-refractivity contribution in [2.75, 3.05) is 6.54 Å². The van der Waals surface area contributed by atoms with Gasteiger partial charge in [-0.1, -0.05) is 36.3 Å². The normalized spacial score (nSPS) is 14.4. The van der Waals surface area contributed by atoms with Gasteiger partial charge >= 0.3 is 0 Å². The van der Waals surface area contributed by atoms with E-state index in [1.165, 1.54) is 0 Å². The van der Waals surface area contributed by atoms with Gasteiger partial charge in [-0.3, -0.25) is 0 Å². The zero-order valence-electron chi connectivity index (χ0n) is 8.27. The van der Waals surface area contributed by atoms with Crippen molar-refractivity contribution in [1.82, 2.24) is 5.32 Å². The van der Waals surface area contributed by atoms with Crippen molar-refractivity contribution in [3.05, 3.63) is 35.9 Å². The molecule has 1 aromatic rings. The van der Waals surface area contributed by atoms with E-state index in [4.69, 9.17) is 6.42 Å². The first-order valence-electron chi connectivity index (χ1n) is 4.65. The van der Waals surface area contributed by atoms with Gasteiger partial charge in [-0.2, -0.15) is 0 Å². The van der Waals surface area contributed by atoms with Gasteiger partial charge in [0.05, 0.1) is 12.6 Å². The highest BCUT2D eigenvalue weighted by molar-refractivity contribution is 5.18. The van der Waals surface area contributed by atoms with Crippen LogP contribution in [0.4, 0.5) is 0 Å². The lowest BCUT2D eigenvalue weighted by molar-refractivity contribution is 0.138. The molecule has 0 fully saturated rings. The quantitative estimate of drug-likeness (QED) is 0.700. The number of terminal acetylenes is 1. The lowest BCUT2D eigenvalue weighted by Crippen LogP contribution is -2.32. The van der Waals surface area contributed by atoms with Gasteiger partial charge in [0.15, 0.2) is 0 Å². The third-order valence-corrected chi connectivity index (χ3v) is 2.14. The van der Waals surface area contributed by atoms with E-state index in [0.29, 0.717) is 6.54 Å². The Bertz CT molecular complexity index is 302. The van der Waals surface area contributed by atoms with E-state index in [-0.39, 0.29) is 6.04 Å². The van der Waals surface area contributed by atoms with Crippen LogP contribution in [-0.2, 0) is 0 Å². The van der Waals surface area contributed by atoms with Gasteiger partial charge < -0.3 is 10.4 Å². The fourth-order valence-electron chi connectivity index (χ4n) is 1.27. The second-order valence-electron chi connectivity index (χ2n) is 3.23. The molecular formula is C12H15NO. The van der Waals surface area contributed by atoms with Gasteiger partial charge in [0.2, 0.25) is 0 Å². The van der Waals surface area contributed by atoms with Crippen molar-refractivity contribution >= 4 is 0 Å². The van der Waals surface area contributed by atoms with Crippen molar-refractivity contribution in [3.8, 4) is 12.3 Å². The Labute approximate surface area is 85.0 Å². The molecule has 1 aromatic carbocycles. The molecule has 0 saturated heterocycles. The molecule has 1 rings (SSSR count). The summed E-state index contributed by atoms with van der Waals surface area (Å²) in [6.45, 7) is 2.39. The number of benzene rings is 1. The first-order chi connectivity index (χ1) is 6.75. The molecule has 14 heavy (non-hydrogen) atoms. The molecule has 0 unspecified atom stereocenters. The van der Waals surface area contributed by atoms with Crippen LogP contribution in [-0.4, -0.2) is 17.7 Å². The van der Waals surface area contributed by atoms with Crippen LogP contribution in [0.3, 0.4) is 0 Å². The molecule has 2 N–H and O–H groups in total. The Kier molecular flexibility index (Phi) is 4.18. The monoisotopic (exact) mass is 189 g/mol. The standard InChI is InChI=1S/C12H15NO/c1-3-9-13-10(2)12(14)11-7-5-4-6-8-11/h1,4-8,10,12-14H,9H2,2H3/t10-,12-/m1/s1. The zero-order valence-corrected chi connectivity index (χ0v) is 8.27. The van der Waals surface area contributed by atoms with Crippen molar-refractivity contribution in [2.45, 2.75) is 19.1 Å². The molecule has 0 amide bonds. The summed E-state index contributed by atoms with van der Waals surface area (Å²) >= 11 is 0. The fourth-order valence-corrected chi connectivity index (χ4v) is 1.27. The number of hydrogen-bond acceptors (Lipinski definition) is 2. The first kappa shape index (κ1) is 10.8. The van der Waals surface area contributed by atoms with Gasteiger partial charge in [-0.25, -0.2) is 0 Å². The van der Waals surface area contributed by atoms with Gasteiger partial charge in [-0.05, 0) is 12.5 Å². The predicted molar refractivity (Wildman–Crippen MR) is 57.7 cm³/mol. The summed E-state index contributed by atoms with van der Waals surface area (Å²) in [7, 11) is 0. The van der Waals surface area contributed by atoms with Crippen molar-refractivity contribution in [3.63, 3.8) is 0 Å². The molecule has 0 saturated carbocycles. The Morgan fingerprint density at radius 3 is 2.64 bits per heavy atom. The number of aliphatic hydroxyl groups excluding tert-OH is 1. The summed E-state index contributed by atoms with van der Waals surface area (Å²) in [4.78, 5) is 0. The maximum Gasteiger partial charge on any atom is 0.0940 e. The van der Waals surface area contributed by atoms with Crippen LogP contribution in [0.1, 0.15) is 18.6 Å². The average Bonchev–Trinajstić information content (AvgIpc) is 2.26. The molecule has 2 nitrogen and oxygen atoms in total. The van der Waals surface area contributed by atoms with Crippen LogP contribution in [0.25, 0.3) is 0 Å². The number of hydrogen-bond donors (Lipinski definition) is 2. The maximum atomic E-state index is 9.88. The minimum atomic E-state index is -0.510. The highest BCUT2D eigenvalue weighted by Crippen LogP contribution is 2.15. The van der Waals surface area contributed by atoms with Crippen LogP contribution in [0.15, 0.2) is 30.3 Å². The third kappa shape index (κ3) is 2.88. The van der Waals surface area contributed by atoms with Crippen LogP contribution in [0.5, 0.6) is 0 Å². The Morgan fingerprint density at radius 2 is 2.07 bits per heavy atom. The average molecular weight is 189 g/mol. The molecule has 0 radical (unpaired) electrons. The molecule has 0 heterocycles. The molecule has 0 aliphatic rings. The van der Waals surface area contributed by atoms with Crippen LogP contribution in [0, 0.1) is 12.3 Å². The lowest BCUT2D eigenvalue weighted by atomic mass is 10.0. The summed E-state index contributed by atoms with van der Waals surface area (Å²) < 4.78 is 0. The van der Waals surface area contributed by atoms with E-state index in [1.54, 1.807) is 0 Å². The minimum Gasteiger partial charge on any atom is -0.387 e. The molecular weight excluding hydrogens is 174 g/mol. The van der Waals surface area contributed by atoms with Crippen molar-refractivity contribution in [1.29, 1.82) is 0 Å². The molecule has 0 aliphatic carbocycles. The number of rotatable bonds is 4. The summed E-state index contributed by atoms with van der Waals surface area (Å²) in [6, 6.07) is 9.51. The SMILES string of the molecule is C#CCN[C@H](C)[C@@H](O)c1ccccc1. The van der Waals surface area contributed by atoms with E-state index in [2.05, 4.69) is 11.2 Å². The Hall–Kier alpha value is -1.30. The van der Waals surface area contributed by atoms with Crippen LogP contribution in [0.2, 0.25) is 0 Å². The fraction of sp³-hybridized carbons (Fsp3) is 0.333. The Morgan fingerprint density at radius 1 is 1.43 bits per heavy atom. The van der Waals surface area contributed by atoms with E-state index in [0.717, 1.165) is 5.56 Å². The first-order valence-corrected chi connectivity index (χ1v) is 4.65. The Balaban J connectivity index is 2.57. The zero-order chi connectivity index (χ0) is 10.4. The van der Waals surface area contributed by atoms with Crippen LogP contribution >= 0.6 is 0 Å². The van der Waals surface area contributed by atoms with Crippen molar-refractivity contribution in [2.24, 2.45) is 0 Å². The second kappa shape index (κ2) is 5.43. The molecule has 2 heteroatoms. The smallest absolute Gasteiger partial charge is 0.0940 e. The van der Waals surface area contributed by atoms with Crippen molar-refractivity contribution < 1.29 is 5.11 Å². The van der Waals surface area contributed by atoms with E-state index < -0.39 is 6.10 Å². The topological polar surface area (TPSA) is 32.3 Å². The lowest BCUT2D eigenvalue weighted by Gasteiger charge is -2.19. The van der Waals surface area contributed by atoms with Gasteiger partial charge in [-0.15, -0.1) is 6.42 Å². The van der Waals surface area contributed by atoms with E-state index >= 15 is 0 Å². The number of nitrogens with one attached hydrogen (secondary N) is 1. The molecule has 0 aliphatic heterocycles. The van der Waals surface area contributed by atoms with E-state index in [9.17, 15) is 5.11 Å². The highest BCUT2D eigenvalue weighted by Gasteiger charge is 2.14. The van der Waals surface area contributed by atoms with E-state index in [1.807, 2.05) is 37.3 Å². The van der Waals surface area contributed by atoms with Gasteiger partial charge in [0.1, 0.15) is 0 Å². The number of aliphatic hydroxyl groups is 1. The molecule has 0 aromatic heterocycles. The van der Waals surface area contributed by atoms with Crippen LogP contribution < -0.4 is 5.32 Å². The second-order valence-corrected chi connectivity index (χ2v) is 3.23. The predicted octanol–water partition coefficient (Wildman–Crippen LogP) is 1.33. The third-order valence-electron chi connectivity index (χ3n) is 2.14. The summed E-state index contributed by atoms with van der Waals surface area (Å²) in [5.41, 5.74) is 0.907. The van der Waals surface area contributed by atoms with Gasteiger partial charge in [0.25, 0.3) is 0 Å². The molecule has 2 atom stereocenters. The minimum absolute atomic E-state index is 0.0338.